The Morgan fingerprint density at radius 2 is 2.08 bits per heavy atom. The Hall–Kier alpha value is -3.12. The molecule has 5 nitrogen and oxygen atoms in total. The maximum atomic E-state index is 5.37. The Bertz CT molecular complexity index is 1250. The molecule has 5 rings (SSSR count). The van der Waals surface area contributed by atoms with Crippen molar-refractivity contribution in [3.05, 3.63) is 54.3 Å². The minimum atomic E-state index is 0.843. The van der Waals surface area contributed by atoms with Gasteiger partial charge in [0.25, 0.3) is 0 Å². The number of ether oxygens (including phenoxy) is 1. The van der Waals surface area contributed by atoms with Crippen LogP contribution in [0.4, 0.5) is 0 Å². The highest BCUT2D eigenvalue weighted by molar-refractivity contribution is 7.13. The molecule has 0 aliphatic carbocycles. The maximum Gasteiger partial charge on any atom is 0.140 e. The number of aromatic amines is 1. The molecule has 0 aliphatic rings. The average molecular weight is 360 g/mol. The quantitative estimate of drug-likeness (QED) is 0.500. The largest absolute Gasteiger partial charge is 0.497 e. The Kier molecular flexibility index (Phi) is 3.33. The number of hydrogen-bond donors (Lipinski definition) is 1. The van der Waals surface area contributed by atoms with Crippen LogP contribution in [0.3, 0.4) is 0 Å². The molecule has 26 heavy (non-hydrogen) atoms. The summed E-state index contributed by atoms with van der Waals surface area (Å²) < 4.78 is 7.41. The smallest absolute Gasteiger partial charge is 0.140 e. The molecule has 0 spiro atoms. The molecule has 1 N–H and O–H groups in total. The molecule has 0 unspecified atom stereocenters. The van der Waals surface area contributed by atoms with Gasteiger partial charge in [0.2, 0.25) is 0 Å². The molecule has 1 aromatic carbocycles. The van der Waals surface area contributed by atoms with Crippen LogP contribution in [0.15, 0.2) is 54.3 Å². The molecule has 0 bridgehead atoms. The van der Waals surface area contributed by atoms with E-state index in [1.165, 1.54) is 0 Å². The van der Waals surface area contributed by atoms with Gasteiger partial charge in [-0.25, -0.2) is 9.97 Å². The number of pyridine rings is 1. The van der Waals surface area contributed by atoms with Crippen LogP contribution < -0.4 is 4.74 Å². The summed E-state index contributed by atoms with van der Waals surface area (Å²) in [5, 5.41) is 5.33. The first-order chi connectivity index (χ1) is 12.7. The molecular formula is C20H16N4OS. The summed E-state index contributed by atoms with van der Waals surface area (Å²) >= 11 is 1.65. The monoisotopic (exact) mass is 360 g/mol. The van der Waals surface area contributed by atoms with Gasteiger partial charge in [0.15, 0.2) is 0 Å². The van der Waals surface area contributed by atoms with Gasteiger partial charge < -0.3 is 14.3 Å². The van der Waals surface area contributed by atoms with Gasteiger partial charge in [-0.15, -0.1) is 11.3 Å². The van der Waals surface area contributed by atoms with Crippen molar-refractivity contribution in [3.8, 4) is 27.6 Å². The standard InChI is InChI=1S/C20H16N4OS/c1-24-10-16(13-4-3-7-21-19(13)24)18-11-26-20(23-18)15-9-22-17-6-5-12(25-2)8-14(15)17/h3-11,22H,1-2H3. The number of benzene rings is 1. The van der Waals surface area contributed by atoms with Crippen molar-refractivity contribution in [2.24, 2.45) is 7.05 Å². The number of fused-ring (bicyclic) bond motifs is 2. The van der Waals surface area contributed by atoms with Crippen molar-refractivity contribution in [2.45, 2.75) is 0 Å². The van der Waals surface area contributed by atoms with Gasteiger partial charge in [-0.3, -0.25) is 0 Å². The number of rotatable bonds is 3. The fourth-order valence-corrected chi connectivity index (χ4v) is 4.19. The lowest BCUT2D eigenvalue weighted by atomic mass is 10.1. The first-order valence-corrected chi connectivity index (χ1v) is 9.14. The fraction of sp³-hybridized carbons (Fsp3) is 0.100. The van der Waals surface area contributed by atoms with Gasteiger partial charge in [-0.1, -0.05) is 0 Å². The van der Waals surface area contributed by atoms with E-state index in [2.05, 4.69) is 27.6 Å². The zero-order valence-corrected chi connectivity index (χ0v) is 15.2. The highest BCUT2D eigenvalue weighted by Gasteiger charge is 2.15. The number of thiazole rings is 1. The normalized spacial score (nSPS) is 11.5. The molecule has 0 saturated heterocycles. The van der Waals surface area contributed by atoms with Gasteiger partial charge in [-0.2, -0.15) is 0 Å². The van der Waals surface area contributed by atoms with Crippen LogP contribution in [0.2, 0.25) is 0 Å². The number of hydrogen-bond acceptors (Lipinski definition) is 4. The van der Waals surface area contributed by atoms with E-state index in [0.717, 1.165) is 49.5 Å². The van der Waals surface area contributed by atoms with Crippen LogP contribution in [0.25, 0.3) is 43.8 Å². The van der Waals surface area contributed by atoms with Crippen LogP contribution in [-0.4, -0.2) is 26.6 Å². The molecule has 5 aromatic rings. The van der Waals surface area contributed by atoms with Crippen molar-refractivity contribution in [3.63, 3.8) is 0 Å². The topological polar surface area (TPSA) is 55.7 Å². The first-order valence-electron chi connectivity index (χ1n) is 8.26. The van der Waals surface area contributed by atoms with Crippen molar-refractivity contribution in [1.82, 2.24) is 19.5 Å². The van der Waals surface area contributed by atoms with E-state index in [4.69, 9.17) is 9.72 Å². The first kappa shape index (κ1) is 15.2. The second kappa shape index (κ2) is 5.71. The molecule has 0 fully saturated rings. The fourth-order valence-electron chi connectivity index (χ4n) is 3.34. The summed E-state index contributed by atoms with van der Waals surface area (Å²) in [4.78, 5) is 12.7. The van der Waals surface area contributed by atoms with Crippen LogP contribution >= 0.6 is 11.3 Å². The molecule has 0 saturated carbocycles. The van der Waals surface area contributed by atoms with Gasteiger partial charge in [0.05, 0.1) is 12.8 Å². The lowest BCUT2D eigenvalue weighted by Gasteiger charge is -2.00. The summed E-state index contributed by atoms with van der Waals surface area (Å²) in [6.45, 7) is 0. The molecule has 128 valence electrons. The van der Waals surface area contributed by atoms with E-state index in [-0.39, 0.29) is 0 Å². The predicted octanol–water partition coefficient (Wildman–Crippen LogP) is 4.85. The van der Waals surface area contributed by atoms with Gasteiger partial charge in [-0.05, 0) is 30.3 Å². The number of aryl methyl sites for hydroxylation is 1. The SMILES string of the molecule is COc1ccc2[nH]cc(-c3nc(-c4cn(C)c5ncccc45)cs3)c2c1. The molecule has 6 heteroatoms. The van der Waals surface area contributed by atoms with Crippen molar-refractivity contribution >= 4 is 33.3 Å². The van der Waals surface area contributed by atoms with Crippen molar-refractivity contribution in [1.29, 1.82) is 0 Å². The van der Waals surface area contributed by atoms with E-state index in [0.29, 0.717) is 0 Å². The summed E-state index contributed by atoms with van der Waals surface area (Å²) in [6.07, 6.45) is 5.92. The van der Waals surface area contributed by atoms with Crippen molar-refractivity contribution in [2.75, 3.05) is 7.11 Å². The van der Waals surface area contributed by atoms with E-state index in [1.54, 1.807) is 18.4 Å². The molecule has 0 amide bonds. The number of methoxy groups -OCH3 is 1. The zero-order valence-electron chi connectivity index (χ0n) is 14.4. The second-order valence-corrected chi connectivity index (χ2v) is 7.04. The number of nitrogens with one attached hydrogen (secondary N) is 1. The van der Waals surface area contributed by atoms with Gasteiger partial charge in [0.1, 0.15) is 16.4 Å². The molecule has 0 atom stereocenters. The number of aromatic nitrogens is 4. The van der Waals surface area contributed by atoms with Gasteiger partial charge in [0, 0.05) is 58.4 Å². The summed E-state index contributed by atoms with van der Waals surface area (Å²) in [6, 6.07) is 10.1. The average Bonchev–Trinajstić information content (AvgIpc) is 3.38. The Balaban J connectivity index is 1.65. The van der Waals surface area contributed by atoms with Crippen molar-refractivity contribution < 1.29 is 4.74 Å². The Morgan fingerprint density at radius 1 is 1.15 bits per heavy atom. The van der Waals surface area contributed by atoms with E-state index >= 15 is 0 Å². The summed E-state index contributed by atoms with van der Waals surface area (Å²) in [7, 11) is 3.70. The van der Waals surface area contributed by atoms with Crippen LogP contribution in [-0.2, 0) is 7.05 Å². The summed E-state index contributed by atoms with van der Waals surface area (Å²) in [5.41, 5.74) is 5.21. The Morgan fingerprint density at radius 3 is 2.96 bits per heavy atom. The minimum absolute atomic E-state index is 0.843. The van der Waals surface area contributed by atoms with Crippen LogP contribution in [0.1, 0.15) is 0 Å². The lowest BCUT2D eigenvalue weighted by Crippen LogP contribution is -1.85. The molecule has 4 aromatic heterocycles. The van der Waals surface area contributed by atoms with Crippen LogP contribution in [0.5, 0.6) is 5.75 Å². The summed E-state index contributed by atoms with van der Waals surface area (Å²) in [5.74, 6) is 0.843. The third-order valence-electron chi connectivity index (χ3n) is 4.63. The molecular weight excluding hydrogens is 344 g/mol. The van der Waals surface area contributed by atoms with E-state index in [9.17, 15) is 0 Å². The molecule has 0 aliphatic heterocycles. The third-order valence-corrected chi connectivity index (χ3v) is 5.51. The van der Waals surface area contributed by atoms with Gasteiger partial charge >= 0.3 is 0 Å². The third kappa shape index (κ3) is 2.23. The highest BCUT2D eigenvalue weighted by Crippen LogP contribution is 2.36. The molecule has 4 heterocycles. The second-order valence-electron chi connectivity index (χ2n) is 6.18. The van der Waals surface area contributed by atoms with E-state index < -0.39 is 0 Å². The lowest BCUT2D eigenvalue weighted by molar-refractivity contribution is 0.415. The number of H-pyrrole nitrogens is 1. The zero-order chi connectivity index (χ0) is 17.7. The maximum absolute atomic E-state index is 5.37. The predicted molar refractivity (Wildman–Crippen MR) is 106 cm³/mol. The molecule has 0 radical (unpaired) electrons. The number of nitrogens with zero attached hydrogens (tertiary/aromatic N) is 3. The Labute approximate surface area is 153 Å². The van der Waals surface area contributed by atoms with E-state index in [1.807, 2.05) is 48.3 Å². The highest BCUT2D eigenvalue weighted by atomic mass is 32.1. The minimum Gasteiger partial charge on any atom is -0.497 e. The van der Waals surface area contributed by atoms with Crippen LogP contribution in [0, 0.1) is 0 Å².